The third-order valence-electron chi connectivity index (χ3n) is 3.61. The number of aryl methyl sites for hydroxylation is 1. The molecule has 1 atom stereocenters. The van der Waals surface area contributed by atoms with E-state index in [2.05, 4.69) is 66.7 Å². The molecule has 1 unspecified atom stereocenters. The highest BCUT2D eigenvalue weighted by molar-refractivity contribution is 5.83. The molecule has 0 saturated heterocycles. The lowest BCUT2D eigenvalue weighted by Gasteiger charge is -2.14. The van der Waals surface area contributed by atoms with Crippen molar-refractivity contribution in [3.8, 4) is 0 Å². The van der Waals surface area contributed by atoms with Crippen molar-refractivity contribution >= 4 is 16.5 Å². The second-order valence-corrected chi connectivity index (χ2v) is 5.06. The quantitative estimate of drug-likeness (QED) is 0.765. The average molecular weight is 265 g/mol. The smallest absolute Gasteiger partial charge is 0.0731 e. The molecule has 102 valence electrons. The molecule has 0 amide bonds. The van der Waals surface area contributed by atoms with Gasteiger partial charge in [-0.25, -0.2) is 0 Å². The van der Waals surface area contributed by atoms with Crippen molar-refractivity contribution in [2.24, 2.45) is 0 Å². The Bertz CT molecular complexity index is 715. The molecule has 0 spiro atoms. The van der Waals surface area contributed by atoms with Crippen molar-refractivity contribution in [2.45, 2.75) is 26.4 Å². The van der Waals surface area contributed by atoms with Crippen LogP contribution in [0.5, 0.6) is 0 Å². The van der Waals surface area contributed by atoms with E-state index in [1.807, 2.05) is 17.1 Å². The first kappa shape index (κ1) is 12.7. The number of benzene rings is 2. The number of rotatable bonds is 4. The predicted octanol–water partition coefficient (Wildman–Crippen LogP) is 4.23. The van der Waals surface area contributed by atoms with Crippen molar-refractivity contribution in [3.63, 3.8) is 0 Å². The summed E-state index contributed by atoms with van der Waals surface area (Å²) < 4.78 is 1.93. The van der Waals surface area contributed by atoms with E-state index < -0.39 is 0 Å². The minimum absolute atomic E-state index is 0.258. The number of fused-ring (bicyclic) bond motifs is 1. The third-order valence-corrected chi connectivity index (χ3v) is 3.61. The standard InChI is InChI=1S/C17H19N3/c1-3-20-12-17(11-18-20)19-13(2)15-9-8-14-6-4-5-7-16(14)10-15/h4-13,19H,3H2,1-2H3. The Morgan fingerprint density at radius 2 is 1.95 bits per heavy atom. The molecule has 20 heavy (non-hydrogen) atoms. The van der Waals surface area contributed by atoms with Gasteiger partial charge in [-0.15, -0.1) is 0 Å². The highest BCUT2D eigenvalue weighted by Crippen LogP contribution is 2.23. The molecule has 0 aliphatic carbocycles. The molecule has 3 rings (SSSR count). The SMILES string of the molecule is CCn1cc(NC(C)c2ccc3ccccc3c2)cn1. The van der Waals surface area contributed by atoms with Crippen molar-refractivity contribution < 1.29 is 0 Å². The van der Waals surface area contributed by atoms with Crippen LogP contribution in [0.1, 0.15) is 25.5 Å². The van der Waals surface area contributed by atoms with E-state index in [-0.39, 0.29) is 6.04 Å². The zero-order valence-electron chi connectivity index (χ0n) is 11.9. The lowest BCUT2D eigenvalue weighted by molar-refractivity contribution is 0.660. The van der Waals surface area contributed by atoms with Gasteiger partial charge in [-0.3, -0.25) is 4.68 Å². The van der Waals surface area contributed by atoms with Crippen LogP contribution in [-0.4, -0.2) is 9.78 Å². The predicted molar refractivity (Wildman–Crippen MR) is 83.9 cm³/mol. The number of nitrogens with one attached hydrogen (secondary N) is 1. The van der Waals surface area contributed by atoms with E-state index in [0.717, 1.165) is 12.2 Å². The van der Waals surface area contributed by atoms with Crippen LogP contribution in [0, 0.1) is 0 Å². The van der Waals surface area contributed by atoms with Gasteiger partial charge in [-0.1, -0.05) is 36.4 Å². The molecular weight excluding hydrogens is 246 g/mol. The number of anilines is 1. The Balaban J connectivity index is 1.82. The van der Waals surface area contributed by atoms with E-state index in [0.29, 0.717) is 0 Å². The summed E-state index contributed by atoms with van der Waals surface area (Å²) in [4.78, 5) is 0. The molecule has 0 fully saturated rings. The van der Waals surface area contributed by atoms with Gasteiger partial charge in [0.25, 0.3) is 0 Å². The Hall–Kier alpha value is -2.29. The van der Waals surface area contributed by atoms with E-state index in [9.17, 15) is 0 Å². The highest BCUT2D eigenvalue weighted by Gasteiger charge is 2.07. The Labute approximate surface area is 119 Å². The first-order valence-corrected chi connectivity index (χ1v) is 7.04. The number of hydrogen-bond donors (Lipinski definition) is 1. The van der Waals surface area contributed by atoms with Crippen LogP contribution in [0.25, 0.3) is 10.8 Å². The van der Waals surface area contributed by atoms with Gasteiger partial charge in [0.15, 0.2) is 0 Å². The Morgan fingerprint density at radius 3 is 2.70 bits per heavy atom. The lowest BCUT2D eigenvalue weighted by Crippen LogP contribution is -2.05. The fourth-order valence-electron chi connectivity index (χ4n) is 2.42. The molecule has 3 aromatic rings. The zero-order chi connectivity index (χ0) is 13.9. The summed E-state index contributed by atoms with van der Waals surface area (Å²) in [5.41, 5.74) is 2.35. The molecular formula is C17H19N3. The van der Waals surface area contributed by atoms with Gasteiger partial charge < -0.3 is 5.32 Å². The van der Waals surface area contributed by atoms with Crippen LogP contribution in [-0.2, 0) is 6.54 Å². The summed E-state index contributed by atoms with van der Waals surface area (Å²) in [5.74, 6) is 0. The Kier molecular flexibility index (Phi) is 3.42. The molecule has 0 aliphatic rings. The van der Waals surface area contributed by atoms with Gasteiger partial charge in [0.2, 0.25) is 0 Å². The number of hydrogen-bond acceptors (Lipinski definition) is 2. The molecule has 1 aromatic heterocycles. The van der Waals surface area contributed by atoms with Crippen molar-refractivity contribution in [1.82, 2.24) is 9.78 Å². The minimum Gasteiger partial charge on any atom is -0.376 e. The summed E-state index contributed by atoms with van der Waals surface area (Å²) in [6.07, 6.45) is 3.92. The van der Waals surface area contributed by atoms with Crippen LogP contribution in [0.2, 0.25) is 0 Å². The van der Waals surface area contributed by atoms with Crippen molar-refractivity contribution in [1.29, 1.82) is 0 Å². The molecule has 1 heterocycles. The Morgan fingerprint density at radius 1 is 1.15 bits per heavy atom. The lowest BCUT2D eigenvalue weighted by atomic mass is 10.0. The van der Waals surface area contributed by atoms with Crippen LogP contribution >= 0.6 is 0 Å². The second kappa shape index (κ2) is 5.37. The second-order valence-electron chi connectivity index (χ2n) is 5.06. The van der Waals surface area contributed by atoms with Gasteiger partial charge >= 0.3 is 0 Å². The summed E-state index contributed by atoms with van der Waals surface area (Å²) in [6.45, 7) is 5.16. The van der Waals surface area contributed by atoms with Gasteiger partial charge in [0.1, 0.15) is 0 Å². The zero-order valence-corrected chi connectivity index (χ0v) is 11.9. The summed E-state index contributed by atoms with van der Waals surface area (Å²) in [6, 6.07) is 15.3. The maximum absolute atomic E-state index is 4.29. The summed E-state index contributed by atoms with van der Waals surface area (Å²) in [5, 5.41) is 10.3. The molecule has 1 N–H and O–H groups in total. The van der Waals surface area contributed by atoms with E-state index in [4.69, 9.17) is 0 Å². The van der Waals surface area contributed by atoms with Crippen molar-refractivity contribution in [2.75, 3.05) is 5.32 Å². The van der Waals surface area contributed by atoms with E-state index in [1.54, 1.807) is 0 Å². The van der Waals surface area contributed by atoms with Crippen LogP contribution in [0.3, 0.4) is 0 Å². The van der Waals surface area contributed by atoms with Gasteiger partial charge in [-0.2, -0.15) is 5.10 Å². The monoisotopic (exact) mass is 265 g/mol. The topological polar surface area (TPSA) is 29.9 Å². The average Bonchev–Trinajstić information content (AvgIpc) is 2.94. The molecule has 0 aliphatic heterocycles. The maximum Gasteiger partial charge on any atom is 0.0731 e. The van der Waals surface area contributed by atoms with E-state index in [1.165, 1.54) is 16.3 Å². The highest BCUT2D eigenvalue weighted by atomic mass is 15.3. The fraction of sp³-hybridized carbons (Fsp3) is 0.235. The molecule has 0 radical (unpaired) electrons. The minimum atomic E-state index is 0.258. The first-order valence-electron chi connectivity index (χ1n) is 7.04. The molecule has 3 nitrogen and oxygen atoms in total. The van der Waals surface area contributed by atoms with Gasteiger partial charge in [-0.05, 0) is 36.2 Å². The number of nitrogens with zero attached hydrogens (tertiary/aromatic N) is 2. The largest absolute Gasteiger partial charge is 0.376 e. The maximum atomic E-state index is 4.29. The molecule has 0 bridgehead atoms. The normalized spacial score (nSPS) is 12.5. The first-order chi connectivity index (χ1) is 9.76. The van der Waals surface area contributed by atoms with Gasteiger partial charge in [0.05, 0.1) is 11.9 Å². The molecule has 3 heteroatoms. The van der Waals surface area contributed by atoms with Crippen LogP contribution in [0.4, 0.5) is 5.69 Å². The summed E-state index contributed by atoms with van der Waals surface area (Å²) in [7, 11) is 0. The number of aromatic nitrogens is 2. The van der Waals surface area contributed by atoms with Crippen molar-refractivity contribution in [3.05, 3.63) is 60.4 Å². The fourth-order valence-corrected chi connectivity index (χ4v) is 2.42. The summed E-state index contributed by atoms with van der Waals surface area (Å²) >= 11 is 0. The molecule has 2 aromatic carbocycles. The third kappa shape index (κ3) is 2.52. The van der Waals surface area contributed by atoms with Gasteiger partial charge in [0, 0.05) is 18.8 Å². The van der Waals surface area contributed by atoms with Crippen LogP contribution in [0.15, 0.2) is 54.9 Å². The van der Waals surface area contributed by atoms with E-state index >= 15 is 0 Å². The van der Waals surface area contributed by atoms with Crippen LogP contribution < -0.4 is 5.32 Å². The molecule has 0 saturated carbocycles.